The van der Waals surface area contributed by atoms with Gasteiger partial charge < -0.3 is 5.11 Å². The molecule has 0 saturated heterocycles. The molecule has 0 aromatic rings. The molecule has 0 aliphatic heterocycles. The quantitative estimate of drug-likeness (QED) is 0.259. The number of hydrogen-bond acceptors (Lipinski definition) is 1. The van der Waals surface area contributed by atoms with Crippen molar-refractivity contribution in [3.63, 3.8) is 0 Å². The van der Waals surface area contributed by atoms with Crippen LogP contribution in [0.4, 0.5) is 0 Å². The fraction of sp³-hybridized carbons (Fsp3) is 0.714. The predicted octanol–water partition coefficient (Wildman–Crippen LogP) is -2.29. The van der Waals surface area contributed by atoms with Gasteiger partial charge in [-0.15, -0.1) is 6.10 Å². The van der Waals surface area contributed by atoms with Crippen LogP contribution in [0.3, 0.4) is 0 Å². The molecule has 0 spiro atoms. The van der Waals surface area contributed by atoms with Crippen molar-refractivity contribution in [2.45, 2.75) is 25.9 Å². The molecule has 1 aliphatic rings. The summed E-state index contributed by atoms with van der Waals surface area (Å²) >= 11 is 0. The summed E-state index contributed by atoms with van der Waals surface area (Å²) < 4.78 is 0. The van der Waals surface area contributed by atoms with Crippen molar-refractivity contribution < 1.29 is 24.0 Å². The first-order valence-electron chi connectivity index (χ1n) is 3.11. The molecule has 0 saturated carbocycles. The van der Waals surface area contributed by atoms with E-state index in [1.165, 1.54) is 0 Å². The molecule has 0 aromatic carbocycles. The van der Waals surface area contributed by atoms with Crippen LogP contribution in [0.2, 0.25) is 0 Å². The summed E-state index contributed by atoms with van der Waals surface area (Å²) in [5, 5.41) is 10.7. The summed E-state index contributed by atoms with van der Waals surface area (Å²) in [4.78, 5) is 0. The van der Waals surface area contributed by atoms with Gasteiger partial charge in [-0.25, -0.2) is 0 Å². The molecule has 1 rings (SSSR count). The Kier molecular flexibility index (Phi) is 4.30. The average molecular weight is 118 g/mol. The molecule has 9 heavy (non-hydrogen) atoms. The van der Waals surface area contributed by atoms with Crippen molar-refractivity contribution in [1.29, 1.82) is 0 Å². The molecular weight excluding hydrogens is 107 g/mol. The van der Waals surface area contributed by atoms with Gasteiger partial charge in [-0.3, -0.25) is 0 Å². The van der Waals surface area contributed by atoms with Crippen LogP contribution in [0.15, 0.2) is 12.2 Å². The smallest absolute Gasteiger partial charge is 0.852 e. The van der Waals surface area contributed by atoms with E-state index in [2.05, 4.69) is 13.0 Å². The van der Waals surface area contributed by atoms with Crippen molar-refractivity contribution in [3.8, 4) is 0 Å². The van der Waals surface area contributed by atoms with E-state index in [-0.39, 0.29) is 25.0 Å². The zero-order valence-electron chi connectivity index (χ0n) is 6.13. The zero-order chi connectivity index (χ0) is 5.98. The fourth-order valence-electron chi connectivity index (χ4n) is 1.05. The second-order valence-corrected chi connectivity index (χ2v) is 2.50. The maximum atomic E-state index is 10.7. The van der Waals surface area contributed by atoms with E-state index in [9.17, 15) is 5.11 Å². The van der Waals surface area contributed by atoms with Crippen LogP contribution in [0.5, 0.6) is 0 Å². The van der Waals surface area contributed by atoms with E-state index in [1.54, 1.807) is 0 Å². The van der Waals surface area contributed by atoms with Crippen molar-refractivity contribution in [2.75, 3.05) is 0 Å². The summed E-state index contributed by atoms with van der Waals surface area (Å²) in [6.07, 6.45) is 5.36. The molecule has 0 fully saturated rings. The van der Waals surface area contributed by atoms with E-state index in [0.29, 0.717) is 5.92 Å². The standard InChI is InChI=1S/C7H11O.Li/c1-6-3-2-4-7(8)5-6;/h2-3,6-7H,4-5H2,1H3;/q-1;+1. The van der Waals surface area contributed by atoms with Gasteiger partial charge >= 0.3 is 18.9 Å². The Labute approximate surface area is 68.3 Å². The van der Waals surface area contributed by atoms with Gasteiger partial charge in [0.05, 0.1) is 0 Å². The molecule has 0 bridgehead atoms. The second-order valence-electron chi connectivity index (χ2n) is 2.50. The minimum atomic E-state index is -0.324. The summed E-state index contributed by atoms with van der Waals surface area (Å²) in [6.45, 7) is 2.08. The predicted molar refractivity (Wildman–Crippen MR) is 31.3 cm³/mol. The minimum Gasteiger partial charge on any atom is -0.852 e. The first-order chi connectivity index (χ1) is 3.79. The van der Waals surface area contributed by atoms with Gasteiger partial charge in [0, 0.05) is 0 Å². The Morgan fingerprint density at radius 2 is 2.22 bits per heavy atom. The Bertz CT molecular complexity index is 101. The number of allylic oxidation sites excluding steroid dienone is 1. The van der Waals surface area contributed by atoms with Gasteiger partial charge in [0.25, 0.3) is 0 Å². The summed E-state index contributed by atoms with van der Waals surface area (Å²) in [6, 6.07) is 0. The van der Waals surface area contributed by atoms with Crippen LogP contribution in [-0.2, 0) is 0 Å². The Morgan fingerprint density at radius 3 is 2.56 bits per heavy atom. The van der Waals surface area contributed by atoms with Crippen LogP contribution in [0.25, 0.3) is 0 Å². The van der Waals surface area contributed by atoms with Gasteiger partial charge in [-0.2, -0.15) is 0 Å². The van der Waals surface area contributed by atoms with Gasteiger partial charge in [0.1, 0.15) is 0 Å². The van der Waals surface area contributed by atoms with Gasteiger partial charge in [-0.1, -0.05) is 25.5 Å². The summed E-state index contributed by atoms with van der Waals surface area (Å²) in [5.41, 5.74) is 0. The van der Waals surface area contributed by atoms with E-state index in [4.69, 9.17) is 0 Å². The third-order valence-electron chi connectivity index (χ3n) is 1.50. The van der Waals surface area contributed by atoms with E-state index >= 15 is 0 Å². The third kappa shape index (κ3) is 3.10. The Balaban J connectivity index is 0.000000640. The first kappa shape index (κ1) is 9.30. The largest absolute Gasteiger partial charge is 1.00 e. The molecule has 0 heterocycles. The third-order valence-corrected chi connectivity index (χ3v) is 1.50. The van der Waals surface area contributed by atoms with Gasteiger partial charge in [0.2, 0.25) is 0 Å². The molecule has 46 valence electrons. The number of rotatable bonds is 0. The molecule has 0 amide bonds. The normalized spacial score (nSPS) is 33.6. The average Bonchev–Trinajstić information content (AvgIpc) is 1.64. The molecule has 2 heteroatoms. The van der Waals surface area contributed by atoms with E-state index in [1.807, 2.05) is 6.08 Å². The maximum absolute atomic E-state index is 10.7. The molecule has 0 radical (unpaired) electrons. The minimum absolute atomic E-state index is 0. The molecule has 2 atom stereocenters. The van der Waals surface area contributed by atoms with Crippen molar-refractivity contribution in [1.82, 2.24) is 0 Å². The van der Waals surface area contributed by atoms with Crippen molar-refractivity contribution in [2.24, 2.45) is 5.92 Å². The van der Waals surface area contributed by atoms with Crippen molar-refractivity contribution >= 4 is 0 Å². The van der Waals surface area contributed by atoms with E-state index in [0.717, 1.165) is 12.8 Å². The molecular formula is C7H11LiO. The Hall–Kier alpha value is 0.297. The van der Waals surface area contributed by atoms with Crippen LogP contribution < -0.4 is 24.0 Å². The molecule has 0 N–H and O–H groups in total. The first-order valence-corrected chi connectivity index (χ1v) is 3.11. The number of hydrogen-bond donors (Lipinski definition) is 0. The maximum Gasteiger partial charge on any atom is 1.00 e. The monoisotopic (exact) mass is 118 g/mol. The van der Waals surface area contributed by atoms with Crippen LogP contribution in [-0.4, -0.2) is 6.10 Å². The van der Waals surface area contributed by atoms with Crippen LogP contribution in [0, 0.1) is 5.92 Å². The SMILES string of the molecule is CC1C=CCC([O-])C1.[Li+]. The molecule has 0 aromatic heterocycles. The van der Waals surface area contributed by atoms with Crippen LogP contribution >= 0.6 is 0 Å². The van der Waals surface area contributed by atoms with Crippen molar-refractivity contribution in [3.05, 3.63) is 12.2 Å². The fourth-order valence-corrected chi connectivity index (χ4v) is 1.05. The van der Waals surface area contributed by atoms with Gasteiger partial charge in [-0.05, 0) is 12.3 Å². The summed E-state index contributed by atoms with van der Waals surface area (Å²) in [7, 11) is 0. The zero-order valence-corrected chi connectivity index (χ0v) is 6.13. The summed E-state index contributed by atoms with van der Waals surface area (Å²) in [5.74, 6) is 0.520. The van der Waals surface area contributed by atoms with Gasteiger partial charge in [0.15, 0.2) is 0 Å². The Morgan fingerprint density at radius 1 is 1.56 bits per heavy atom. The molecule has 1 aliphatic carbocycles. The molecule has 1 nitrogen and oxygen atoms in total. The topological polar surface area (TPSA) is 23.1 Å². The second kappa shape index (κ2) is 4.17. The van der Waals surface area contributed by atoms with Crippen LogP contribution in [0.1, 0.15) is 19.8 Å². The van der Waals surface area contributed by atoms with E-state index < -0.39 is 0 Å². The molecule has 2 unspecified atom stereocenters.